The zero-order valence-electron chi connectivity index (χ0n) is 21.8. The van der Waals surface area contributed by atoms with Crippen LogP contribution >= 0.6 is 11.3 Å². The van der Waals surface area contributed by atoms with E-state index in [1.54, 1.807) is 38.5 Å². The van der Waals surface area contributed by atoms with Gasteiger partial charge in [-0.15, -0.1) is 0 Å². The number of carbonyl (C=O) groups is 2. The molecule has 1 aliphatic heterocycles. The number of nitrogens with zero attached hydrogens (tertiary/aromatic N) is 2. The fraction of sp³-hybridized carbons (Fsp3) is 0.233. The van der Waals surface area contributed by atoms with Gasteiger partial charge in [0, 0.05) is 5.56 Å². The molecule has 1 fully saturated rings. The molecule has 0 aliphatic carbocycles. The Kier molecular flexibility index (Phi) is 6.67. The number of anilines is 1. The van der Waals surface area contributed by atoms with Crippen LogP contribution in [0.15, 0.2) is 66.2 Å². The lowest BCUT2D eigenvalue weighted by molar-refractivity contribution is -0.132. The molecule has 38 heavy (non-hydrogen) atoms. The average Bonchev–Trinajstić information content (AvgIpc) is 3.45. The number of rotatable bonds is 6. The second-order valence-electron chi connectivity index (χ2n) is 9.50. The van der Waals surface area contributed by atoms with Crippen molar-refractivity contribution < 1.29 is 24.2 Å². The Hall–Kier alpha value is -4.17. The van der Waals surface area contributed by atoms with E-state index in [0.29, 0.717) is 39.2 Å². The molecule has 0 spiro atoms. The zero-order chi connectivity index (χ0) is 27.1. The zero-order valence-corrected chi connectivity index (χ0v) is 22.6. The average molecular weight is 529 g/mol. The van der Waals surface area contributed by atoms with Gasteiger partial charge in [0.1, 0.15) is 17.3 Å². The number of hydrogen-bond donors (Lipinski definition) is 1. The number of ketones is 1. The van der Waals surface area contributed by atoms with Crippen molar-refractivity contribution >= 4 is 44.1 Å². The van der Waals surface area contributed by atoms with Crippen molar-refractivity contribution in [3.05, 3.63) is 88.5 Å². The van der Waals surface area contributed by atoms with Gasteiger partial charge in [-0.1, -0.05) is 49.4 Å². The molecular weight excluding hydrogens is 500 g/mol. The van der Waals surface area contributed by atoms with Crippen LogP contribution in [0.2, 0.25) is 0 Å². The molecule has 4 aromatic rings. The van der Waals surface area contributed by atoms with Crippen LogP contribution in [0.25, 0.3) is 16.0 Å². The Morgan fingerprint density at radius 1 is 1.00 bits per heavy atom. The van der Waals surface area contributed by atoms with Gasteiger partial charge in [0.25, 0.3) is 5.78 Å². The second-order valence-corrected chi connectivity index (χ2v) is 10.5. The second kappa shape index (κ2) is 9.95. The van der Waals surface area contributed by atoms with Crippen LogP contribution in [0.5, 0.6) is 11.5 Å². The molecule has 0 bridgehead atoms. The molecule has 1 saturated heterocycles. The molecule has 2 heterocycles. The summed E-state index contributed by atoms with van der Waals surface area (Å²) in [4.78, 5) is 33.1. The lowest BCUT2D eigenvalue weighted by Crippen LogP contribution is -2.29. The number of hydrogen-bond acceptors (Lipinski definition) is 7. The highest BCUT2D eigenvalue weighted by molar-refractivity contribution is 7.22. The topological polar surface area (TPSA) is 89.0 Å². The maximum atomic E-state index is 13.5. The number of fused-ring (bicyclic) bond motifs is 1. The Morgan fingerprint density at radius 3 is 2.37 bits per heavy atom. The number of amides is 1. The Morgan fingerprint density at radius 2 is 1.74 bits per heavy atom. The van der Waals surface area contributed by atoms with E-state index >= 15 is 0 Å². The van der Waals surface area contributed by atoms with Gasteiger partial charge in [-0.2, -0.15) is 0 Å². The molecule has 1 atom stereocenters. The van der Waals surface area contributed by atoms with Crippen molar-refractivity contribution in [1.29, 1.82) is 0 Å². The Bertz CT molecular complexity index is 1590. The normalized spacial score (nSPS) is 17.0. The van der Waals surface area contributed by atoms with Crippen molar-refractivity contribution in [1.82, 2.24) is 4.98 Å². The predicted octanol–water partition coefficient (Wildman–Crippen LogP) is 6.37. The van der Waals surface area contributed by atoms with Crippen LogP contribution in [0.4, 0.5) is 5.13 Å². The van der Waals surface area contributed by atoms with Crippen LogP contribution in [0, 0.1) is 6.92 Å². The molecule has 7 nitrogen and oxygen atoms in total. The van der Waals surface area contributed by atoms with Gasteiger partial charge in [0.05, 0.1) is 36.1 Å². The molecule has 194 valence electrons. The van der Waals surface area contributed by atoms with Gasteiger partial charge < -0.3 is 14.6 Å². The third-order valence-corrected chi connectivity index (χ3v) is 7.84. The molecule has 1 aromatic heterocycles. The highest BCUT2D eigenvalue weighted by Crippen LogP contribution is 2.45. The van der Waals surface area contributed by atoms with Crippen LogP contribution < -0.4 is 14.4 Å². The standard InChI is InChI=1S/C30H28N2O5S/c1-16(2)18-6-8-19(9-7-18)26-25(27(33)20-10-13-23(37-5)17(3)14-20)28(34)29(35)32(26)30-31-22-12-11-21(36-4)15-24(22)38-30/h6-16,26,33H,1-5H3/t26-/m1/s1. The quantitative estimate of drug-likeness (QED) is 0.178. The summed E-state index contributed by atoms with van der Waals surface area (Å²) < 4.78 is 11.5. The molecular formula is C30H28N2O5S. The van der Waals surface area contributed by atoms with Gasteiger partial charge in [0.15, 0.2) is 5.13 Å². The number of aryl methyl sites for hydroxylation is 1. The Labute approximate surface area is 225 Å². The SMILES string of the molecule is COc1ccc2nc(N3C(=O)C(=O)C(=C(O)c4ccc(OC)c(C)c4)[C@H]3c3ccc(C(C)C)cc3)sc2c1. The molecule has 1 N–H and O–H groups in total. The fourth-order valence-electron chi connectivity index (χ4n) is 4.71. The van der Waals surface area contributed by atoms with Crippen molar-refractivity contribution in [2.45, 2.75) is 32.7 Å². The maximum Gasteiger partial charge on any atom is 0.301 e. The highest BCUT2D eigenvalue weighted by atomic mass is 32.1. The number of aromatic nitrogens is 1. The summed E-state index contributed by atoms with van der Waals surface area (Å²) in [6.45, 7) is 6.05. The number of methoxy groups -OCH3 is 2. The van der Waals surface area contributed by atoms with Gasteiger partial charge >= 0.3 is 5.91 Å². The molecule has 1 amide bonds. The first kappa shape index (κ1) is 25.5. The molecule has 5 rings (SSSR count). The van der Waals surface area contributed by atoms with Gasteiger partial charge in [-0.05, 0) is 65.9 Å². The van der Waals surface area contributed by atoms with E-state index in [0.717, 1.165) is 15.8 Å². The minimum absolute atomic E-state index is 0.0219. The van der Waals surface area contributed by atoms with Gasteiger partial charge in [0.2, 0.25) is 0 Å². The molecule has 0 saturated carbocycles. The first-order valence-corrected chi connectivity index (χ1v) is 13.1. The summed E-state index contributed by atoms with van der Waals surface area (Å²) in [6, 6.07) is 17.5. The smallest absolute Gasteiger partial charge is 0.301 e. The number of thiazole rings is 1. The van der Waals surface area contributed by atoms with Gasteiger partial charge in [-0.3, -0.25) is 14.5 Å². The number of aliphatic hydroxyl groups is 1. The largest absolute Gasteiger partial charge is 0.507 e. The summed E-state index contributed by atoms with van der Waals surface area (Å²) in [5.41, 5.74) is 3.77. The predicted molar refractivity (Wildman–Crippen MR) is 149 cm³/mol. The van der Waals surface area contributed by atoms with E-state index in [1.807, 2.05) is 43.3 Å². The highest BCUT2D eigenvalue weighted by Gasteiger charge is 2.48. The summed E-state index contributed by atoms with van der Waals surface area (Å²) in [7, 11) is 3.16. The van der Waals surface area contributed by atoms with E-state index in [-0.39, 0.29) is 11.3 Å². The van der Waals surface area contributed by atoms with E-state index in [4.69, 9.17) is 9.47 Å². The van der Waals surface area contributed by atoms with Crippen molar-refractivity contribution in [2.24, 2.45) is 0 Å². The summed E-state index contributed by atoms with van der Waals surface area (Å²) >= 11 is 1.29. The number of ether oxygens (including phenoxy) is 2. The van der Waals surface area contributed by atoms with Crippen LogP contribution in [-0.4, -0.2) is 36.0 Å². The van der Waals surface area contributed by atoms with Gasteiger partial charge in [-0.25, -0.2) is 4.98 Å². The number of benzene rings is 3. The van der Waals surface area contributed by atoms with E-state index < -0.39 is 17.7 Å². The number of Topliss-reactive ketones (excluding diaryl/α,β-unsaturated/α-hetero) is 1. The maximum absolute atomic E-state index is 13.5. The number of carbonyl (C=O) groups excluding carboxylic acids is 2. The molecule has 1 aliphatic rings. The molecule has 0 unspecified atom stereocenters. The Balaban J connectivity index is 1.70. The van der Waals surface area contributed by atoms with Crippen LogP contribution in [0.3, 0.4) is 0 Å². The summed E-state index contributed by atoms with van der Waals surface area (Å²) in [5.74, 6) is -0.0843. The van der Waals surface area contributed by atoms with Crippen molar-refractivity contribution in [3.8, 4) is 11.5 Å². The van der Waals surface area contributed by atoms with E-state index in [9.17, 15) is 14.7 Å². The van der Waals surface area contributed by atoms with E-state index in [2.05, 4.69) is 18.8 Å². The third kappa shape index (κ3) is 4.31. The fourth-order valence-corrected chi connectivity index (χ4v) is 5.73. The van der Waals surface area contributed by atoms with Crippen molar-refractivity contribution in [2.75, 3.05) is 19.1 Å². The number of aliphatic hydroxyl groups excluding tert-OH is 1. The minimum atomic E-state index is -0.846. The lowest BCUT2D eigenvalue weighted by atomic mass is 9.93. The first-order valence-electron chi connectivity index (χ1n) is 12.2. The summed E-state index contributed by atoms with van der Waals surface area (Å²) in [6.07, 6.45) is 0. The van der Waals surface area contributed by atoms with Crippen molar-refractivity contribution in [3.63, 3.8) is 0 Å². The van der Waals surface area contributed by atoms with Crippen LogP contribution in [-0.2, 0) is 9.59 Å². The molecule has 3 aromatic carbocycles. The lowest BCUT2D eigenvalue weighted by Gasteiger charge is -2.23. The van der Waals surface area contributed by atoms with E-state index in [1.165, 1.54) is 16.2 Å². The molecule has 8 heteroatoms. The first-order chi connectivity index (χ1) is 18.2. The monoisotopic (exact) mass is 528 g/mol. The molecule has 0 radical (unpaired) electrons. The van der Waals surface area contributed by atoms with Crippen LogP contribution in [0.1, 0.15) is 48.1 Å². The third-order valence-electron chi connectivity index (χ3n) is 6.82. The minimum Gasteiger partial charge on any atom is -0.507 e. The summed E-state index contributed by atoms with van der Waals surface area (Å²) in [5, 5.41) is 11.8.